The second-order valence-electron chi connectivity index (χ2n) is 10.4. The van der Waals surface area contributed by atoms with Crippen molar-refractivity contribution in [2.75, 3.05) is 13.1 Å². The molecule has 0 bridgehead atoms. The van der Waals surface area contributed by atoms with Gasteiger partial charge in [-0.1, -0.05) is 30.3 Å². The Bertz CT molecular complexity index is 1490. The SMILES string of the molecule is CC(NCCCCN(Cc1nccc2c1[nH]c1ccccc12)C1CCCc2cccnc21)c1cccnc1. The Morgan fingerprint density at radius 1 is 0.974 bits per heavy atom. The lowest BCUT2D eigenvalue weighted by Gasteiger charge is -2.35. The maximum Gasteiger partial charge on any atom is 0.0784 e. The van der Waals surface area contributed by atoms with E-state index in [0.29, 0.717) is 12.1 Å². The molecule has 5 aromatic rings. The predicted molar refractivity (Wildman–Crippen MR) is 154 cm³/mol. The van der Waals surface area contributed by atoms with Gasteiger partial charge in [0, 0.05) is 53.7 Å². The highest BCUT2D eigenvalue weighted by Gasteiger charge is 2.28. The highest BCUT2D eigenvalue weighted by atomic mass is 15.2. The summed E-state index contributed by atoms with van der Waals surface area (Å²) in [7, 11) is 0. The third kappa shape index (κ3) is 5.19. The fourth-order valence-electron chi connectivity index (χ4n) is 5.94. The van der Waals surface area contributed by atoms with E-state index in [1.54, 1.807) is 0 Å². The Labute approximate surface area is 224 Å². The van der Waals surface area contributed by atoms with E-state index in [-0.39, 0.29) is 0 Å². The Hall–Kier alpha value is -3.61. The number of pyridine rings is 3. The first-order valence-electron chi connectivity index (χ1n) is 13.9. The van der Waals surface area contributed by atoms with E-state index in [2.05, 4.69) is 75.6 Å². The number of aromatic amines is 1. The summed E-state index contributed by atoms with van der Waals surface area (Å²) in [5, 5.41) is 6.18. The highest BCUT2D eigenvalue weighted by molar-refractivity contribution is 6.07. The van der Waals surface area contributed by atoms with Gasteiger partial charge in [0.05, 0.1) is 22.9 Å². The number of aromatic nitrogens is 4. The molecule has 0 aliphatic heterocycles. The molecule has 6 heteroatoms. The van der Waals surface area contributed by atoms with E-state index < -0.39 is 0 Å². The lowest BCUT2D eigenvalue weighted by Crippen LogP contribution is -2.33. The van der Waals surface area contributed by atoms with Crippen LogP contribution in [0, 0.1) is 0 Å². The molecule has 1 aliphatic rings. The van der Waals surface area contributed by atoms with E-state index in [1.165, 1.54) is 39.5 Å². The molecular weight excluding hydrogens is 468 g/mol. The number of nitrogens with zero attached hydrogens (tertiary/aromatic N) is 4. The summed E-state index contributed by atoms with van der Waals surface area (Å²) < 4.78 is 0. The topological polar surface area (TPSA) is 69.7 Å². The minimum atomic E-state index is 0.304. The zero-order chi connectivity index (χ0) is 25.7. The molecule has 4 heterocycles. The van der Waals surface area contributed by atoms with Crippen LogP contribution in [0.2, 0.25) is 0 Å². The number of benzene rings is 1. The summed E-state index contributed by atoms with van der Waals surface area (Å²) in [6.45, 7) is 5.02. The third-order valence-corrected chi connectivity index (χ3v) is 7.97. The van der Waals surface area contributed by atoms with Gasteiger partial charge in [0.1, 0.15) is 0 Å². The number of hydrogen-bond acceptors (Lipinski definition) is 5. The van der Waals surface area contributed by atoms with Crippen molar-refractivity contribution in [3.05, 3.63) is 102 Å². The van der Waals surface area contributed by atoms with Crippen molar-refractivity contribution < 1.29 is 0 Å². The molecule has 0 saturated heterocycles. The van der Waals surface area contributed by atoms with Crippen LogP contribution in [0.4, 0.5) is 0 Å². The molecule has 1 aromatic carbocycles. The van der Waals surface area contributed by atoms with Gasteiger partial charge in [-0.05, 0) is 87.5 Å². The van der Waals surface area contributed by atoms with Crippen molar-refractivity contribution in [3.63, 3.8) is 0 Å². The average molecular weight is 505 g/mol. The van der Waals surface area contributed by atoms with Crippen molar-refractivity contribution in [2.45, 2.75) is 57.7 Å². The van der Waals surface area contributed by atoms with Gasteiger partial charge in [-0.25, -0.2) is 0 Å². The summed E-state index contributed by atoms with van der Waals surface area (Å²) in [5.41, 5.74) is 7.33. The summed E-state index contributed by atoms with van der Waals surface area (Å²) >= 11 is 0. The Morgan fingerprint density at radius 2 is 1.89 bits per heavy atom. The van der Waals surface area contributed by atoms with Crippen LogP contribution in [0.5, 0.6) is 0 Å². The van der Waals surface area contributed by atoms with E-state index in [9.17, 15) is 0 Å². The van der Waals surface area contributed by atoms with Gasteiger partial charge in [0.2, 0.25) is 0 Å². The fourth-order valence-corrected chi connectivity index (χ4v) is 5.94. The summed E-state index contributed by atoms with van der Waals surface area (Å²) in [6, 6.07) is 19.8. The van der Waals surface area contributed by atoms with Crippen LogP contribution >= 0.6 is 0 Å². The monoisotopic (exact) mass is 504 g/mol. The number of hydrogen-bond donors (Lipinski definition) is 2. The summed E-state index contributed by atoms with van der Waals surface area (Å²) in [4.78, 5) is 20.3. The van der Waals surface area contributed by atoms with Gasteiger partial charge in [-0.3, -0.25) is 19.9 Å². The number of nitrogens with one attached hydrogen (secondary N) is 2. The number of fused-ring (bicyclic) bond motifs is 4. The molecule has 38 heavy (non-hydrogen) atoms. The molecule has 6 nitrogen and oxygen atoms in total. The smallest absolute Gasteiger partial charge is 0.0784 e. The van der Waals surface area contributed by atoms with Crippen LogP contribution in [0.3, 0.4) is 0 Å². The van der Waals surface area contributed by atoms with Gasteiger partial charge in [0.25, 0.3) is 0 Å². The molecule has 1 aliphatic carbocycles. The highest BCUT2D eigenvalue weighted by Crippen LogP contribution is 2.35. The van der Waals surface area contributed by atoms with Gasteiger partial charge >= 0.3 is 0 Å². The normalized spacial score (nSPS) is 16.2. The fraction of sp³-hybridized carbons (Fsp3) is 0.344. The minimum Gasteiger partial charge on any atom is -0.353 e. The minimum absolute atomic E-state index is 0.304. The molecule has 0 radical (unpaired) electrons. The maximum atomic E-state index is 4.88. The molecule has 6 rings (SSSR count). The summed E-state index contributed by atoms with van der Waals surface area (Å²) in [5.74, 6) is 0. The number of aryl methyl sites for hydroxylation is 1. The standard InChI is InChI=1S/C32H36N6/c1-23(25-11-7-16-33-21-25)34-17-4-5-20-38(30-14-6-9-24-10-8-18-36-31(24)30)22-29-32-27(15-19-35-29)26-12-2-3-13-28(26)37-32/h2-3,7-8,10-13,15-16,18-19,21,23,30,34,37H,4-6,9,14,17,20,22H2,1H3. The van der Waals surface area contributed by atoms with Crippen LogP contribution in [-0.2, 0) is 13.0 Å². The molecule has 2 atom stereocenters. The van der Waals surface area contributed by atoms with Crippen LogP contribution < -0.4 is 5.32 Å². The second-order valence-corrected chi connectivity index (χ2v) is 10.4. The zero-order valence-electron chi connectivity index (χ0n) is 22.1. The number of unbranched alkanes of at least 4 members (excludes halogenated alkanes) is 1. The maximum absolute atomic E-state index is 4.88. The molecule has 2 N–H and O–H groups in total. The Balaban J connectivity index is 1.20. The lowest BCUT2D eigenvalue weighted by atomic mass is 9.90. The van der Waals surface area contributed by atoms with Crippen molar-refractivity contribution >= 4 is 21.8 Å². The molecule has 0 fully saturated rings. The number of H-pyrrole nitrogens is 1. The van der Waals surface area contributed by atoms with E-state index >= 15 is 0 Å². The van der Waals surface area contributed by atoms with Gasteiger partial charge in [0.15, 0.2) is 0 Å². The predicted octanol–water partition coefficient (Wildman–Crippen LogP) is 6.52. The molecule has 194 valence electrons. The zero-order valence-corrected chi connectivity index (χ0v) is 22.1. The Kier molecular flexibility index (Phi) is 7.42. The Morgan fingerprint density at radius 3 is 2.82 bits per heavy atom. The van der Waals surface area contributed by atoms with Crippen LogP contribution in [0.1, 0.15) is 67.2 Å². The first-order valence-corrected chi connectivity index (χ1v) is 13.9. The molecule has 0 spiro atoms. The van der Waals surface area contributed by atoms with Crippen molar-refractivity contribution in [2.24, 2.45) is 0 Å². The molecule has 0 saturated carbocycles. The molecule has 4 aromatic heterocycles. The molecule has 2 unspecified atom stereocenters. The van der Waals surface area contributed by atoms with Crippen molar-refractivity contribution in [1.82, 2.24) is 30.2 Å². The van der Waals surface area contributed by atoms with Crippen LogP contribution in [0.25, 0.3) is 21.8 Å². The van der Waals surface area contributed by atoms with Crippen LogP contribution in [-0.4, -0.2) is 37.9 Å². The quantitative estimate of drug-likeness (QED) is 0.212. The number of rotatable bonds is 10. The summed E-state index contributed by atoms with van der Waals surface area (Å²) in [6.07, 6.45) is 13.4. The third-order valence-electron chi connectivity index (χ3n) is 7.97. The van der Waals surface area contributed by atoms with Crippen molar-refractivity contribution in [1.29, 1.82) is 0 Å². The largest absolute Gasteiger partial charge is 0.353 e. The van der Waals surface area contributed by atoms with Gasteiger partial charge < -0.3 is 10.3 Å². The lowest BCUT2D eigenvalue weighted by molar-refractivity contribution is 0.161. The average Bonchev–Trinajstić information content (AvgIpc) is 3.36. The first-order chi connectivity index (χ1) is 18.8. The van der Waals surface area contributed by atoms with Crippen molar-refractivity contribution in [3.8, 4) is 0 Å². The molecular formula is C32H36N6. The van der Waals surface area contributed by atoms with E-state index in [1.807, 2.05) is 30.9 Å². The number of para-hydroxylation sites is 1. The van der Waals surface area contributed by atoms with Crippen LogP contribution in [0.15, 0.2) is 79.4 Å². The van der Waals surface area contributed by atoms with Gasteiger partial charge in [-0.2, -0.15) is 0 Å². The first kappa shape index (κ1) is 24.7. The van der Waals surface area contributed by atoms with E-state index in [0.717, 1.165) is 56.5 Å². The second kappa shape index (κ2) is 11.4. The van der Waals surface area contributed by atoms with E-state index in [4.69, 9.17) is 9.97 Å². The molecule has 0 amide bonds. The van der Waals surface area contributed by atoms with Gasteiger partial charge in [-0.15, -0.1) is 0 Å².